The van der Waals surface area contributed by atoms with Crippen molar-refractivity contribution in [3.63, 3.8) is 0 Å². The van der Waals surface area contributed by atoms with Crippen molar-refractivity contribution in [1.82, 2.24) is 4.57 Å². The van der Waals surface area contributed by atoms with Crippen LogP contribution in [0.15, 0.2) is 85.1 Å². The van der Waals surface area contributed by atoms with E-state index in [-0.39, 0.29) is 41.5 Å². The van der Waals surface area contributed by atoms with Crippen LogP contribution in [0.2, 0.25) is 0 Å². The fourth-order valence-electron chi connectivity index (χ4n) is 7.27. The van der Waals surface area contributed by atoms with Crippen LogP contribution in [-0.4, -0.2) is 49.9 Å². The van der Waals surface area contributed by atoms with Crippen LogP contribution in [0, 0.1) is 11.8 Å². The molecule has 3 aliphatic rings. The lowest BCUT2D eigenvalue weighted by Gasteiger charge is -2.34. The van der Waals surface area contributed by atoms with Crippen molar-refractivity contribution >= 4 is 28.6 Å². The van der Waals surface area contributed by atoms with Crippen molar-refractivity contribution in [3.8, 4) is 28.7 Å². The van der Waals surface area contributed by atoms with Gasteiger partial charge in [0, 0.05) is 35.5 Å². The van der Waals surface area contributed by atoms with Crippen LogP contribution in [0.25, 0.3) is 10.9 Å². The first-order valence-electron chi connectivity index (χ1n) is 15.7. The fourth-order valence-corrected chi connectivity index (χ4v) is 7.27. The molecule has 4 aromatic carbocycles. The summed E-state index contributed by atoms with van der Waals surface area (Å²) in [5, 5.41) is 0.638. The number of nitrogens with zero attached hydrogens (tertiary/aromatic N) is 1. The number of ether oxygens (including phenoxy) is 6. The normalized spacial score (nSPS) is 19.0. The highest BCUT2D eigenvalue weighted by molar-refractivity contribution is 6.43. The molecule has 0 N–H and O–H groups in total. The van der Waals surface area contributed by atoms with Gasteiger partial charge in [0.15, 0.2) is 23.0 Å². The van der Waals surface area contributed by atoms with E-state index in [0.29, 0.717) is 42.0 Å². The van der Waals surface area contributed by atoms with Gasteiger partial charge in [0.05, 0.1) is 32.3 Å². The monoisotopic (exact) mass is 645 g/mol. The van der Waals surface area contributed by atoms with Crippen LogP contribution in [0.1, 0.15) is 38.5 Å². The number of carbonyl (C=O) groups is 3. The van der Waals surface area contributed by atoms with Crippen LogP contribution in [0.5, 0.6) is 28.7 Å². The summed E-state index contributed by atoms with van der Waals surface area (Å²) in [7, 11) is 2.88. The van der Waals surface area contributed by atoms with Gasteiger partial charge in [-0.1, -0.05) is 48.5 Å². The number of esters is 2. The van der Waals surface area contributed by atoms with Gasteiger partial charge in [-0.15, -0.1) is 0 Å². The number of fused-ring (bicyclic) bond motifs is 4. The zero-order valence-corrected chi connectivity index (χ0v) is 26.3. The second kappa shape index (κ2) is 11.8. The molecule has 0 spiro atoms. The zero-order valence-electron chi connectivity index (χ0n) is 26.3. The maximum Gasteiger partial charge on any atom is 0.385 e. The molecular formula is C38H31NO9. The molecule has 5 aromatic rings. The molecule has 3 atom stereocenters. The molecule has 0 unspecified atom stereocenters. The molecule has 2 aliphatic heterocycles. The molecule has 10 heteroatoms. The molecule has 1 saturated heterocycles. The third kappa shape index (κ3) is 4.92. The maximum absolute atomic E-state index is 13.7. The molecule has 1 aliphatic carbocycles. The first kappa shape index (κ1) is 29.6. The van der Waals surface area contributed by atoms with Gasteiger partial charge in [0.2, 0.25) is 12.5 Å². The Morgan fingerprint density at radius 2 is 1.58 bits per heavy atom. The lowest BCUT2D eigenvalue weighted by molar-refractivity contribution is -0.141. The first-order valence-corrected chi connectivity index (χ1v) is 15.7. The lowest BCUT2D eigenvalue weighted by atomic mass is 9.67. The van der Waals surface area contributed by atoms with Crippen molar-refractivity contribution in [2.24, 2.45) is 11.8 Å². The number of Topliss-reactive ketones (excluding diaryl/α,β-unsaturated/α-hetero) is 1. The topological polar surface area (TPSA) is 112 Å². The van der Waals surface area contributed by atoms with E-state index in [0.717, 1.165) is 22.2 Å². The van der Waals surface area contributed by atoms with Gasteiger partial charge in [-0.25, -0.2) is 4.79 Å². The van der Waals surface area contributed by atoms with E-state index in [1.807, 2.05) is 71.3 Å². The minimum absolute atomic E-state index is 0.0356. The summed E-state index contributed by atoms with van der Waals surface area (Å²) in [5.74, 6) is -1.49. The number of aromatic nitrogens is 1. The molecule has 242 valence electrons. The number of benzene rings is 4. The van der Waals surface area contributed by atoms with E-state index in [4.69, 9.17) is 28.4 Å². The molecule has 1 fully saturated rings. The second-order valence-corrected chi connectivity index (χ2v) is 12.1. The van der Waals surface area contributed by atoms with E-state index in [2.05, 4.69) is 0 Å². The van der Waals surface area contributed by atoms with E-state index < -0.39 is 23.6 Å². The number of cyclic esters (lactones) is 1. The predicted molar refractivity (Wildman–Crippen MR) is 173 cm³/mol. The number of methoxy groups -OCH3 is 2. The van der Waals surface area contributed by atoms with Crippen molar-refractivity contribution in [2.45, 2.75) is 18.9 Å². The smallest absolute Gasteiger partial charge is 0.385 e. The Morgan fingerprint density at radius 1 is 0.875 bits per heavy atom. The molecule has 8 rings (SSSR count). The van der Waals surface area contributed by atoms with E-state index >= 15 is 0 Å². The van der Waals surface area contributed by atoms with Crippen LogP contribution in [0.4, 0.5) is 0 Å². The molecule has 3 heterocycles. The Balaban J connectivity index is 1.14. The summed E-state index contributed by atoms with van der Waals surface area (Å²) in [5.41, 5.74) is 4.75. The van der Waals surface area contributed by atoms with Gasteiger partial charge >= 0.3 is 11.9 Å². The average molecular weight is 646 g/mol. The van der Waals surface area contributed by atoms with E-state index in [1.54, 1.807) is 18.3 Å². The van der Waals surface area contributed by atoms with Gasteiger partial charge in [0.25, 0.3) is 5.78 Å². The Labute approximate surface area is 275 Å². The summed E-state index contributed by atoms with van der Waals surface area (Å²) in [4.78, 5) is 40.3. The summed E-state index contributed by atoms with van der Waals surface area (Å²) >= 11 is 0. The largest absolute Gasteiger partial charge is 0.493 e. The number of para-hydroxylation sites is 1. The minimum atomic E-state index is -1.09. The molecular weight excluding hydrogens is 614 g/mol. The molecule has 10 nitrogen and oxygen atoms in total. The van der Waals surface area contributed by atoms with Gasteiger partial charge in [-0.2, -0.15) is 0 Å². The van der Waals surface area contributed by atoms with Crippen LogP contribution in [-0.2, 0) is 27.3 Å². The summed E-state index contributed by atoms with van der Waals surface area (Å²) in [6, 6.07) is 24.6. The molecule has 0 bridgehead atoms. The highest BCUT2D eigenvalue weighted by atomic mass is 16.7. The van der Waals surface area contributed by atoms with Crippen molar-refractivity contribution < 1.29 is 42.8 Å². The molecule has 0 radical (unpaired) electrons. The molecule has 1 aromatic heterocycles. The Morgan fingerprint density at radius 3 is 2.33 bits per heavy atom. The Kier molecular flexibility index (Phi) is 7.28. The summed E-state index contributed by atoms with van der Waals surface area (Å²) < 4.78 is 36.0. The third-order valence-electron chi connectivity index (χ3n) is 9.48. The third-order valence-corrected chi connectivity index (χ3v) is 9.48. The van der Waals surface area contributed by atoms with Crippen LogP contribution >= 0.6 is 0 Å². The zero-order chi connectivity index (χ0) is 32.9. The van der Waals surface area contributed by atoms with E-state index in [9.17, 15) is 14.4 Å². The fraction of sp³-hybridized carbons (Fsp3) is 0.237. The number of ketones is 1. The van der Waals surface area contributed by atoms with Gasteiger partial charge in [0.1, 0.15) is 0 Å². The van der Waals surface area contributed by atoms with Gasteiger partial charge in [-0.3, -0.25) is 9.59 Å². The van der Waals surface area contributed by atoms with E-state index in [1.165, 1.54) is 14.2 Å². The van der Waals surface area contributed by atoms with Gasteiger partial charge in [-0.05, 0) is 59.0 Å². The average Bonchev–Trinajstić information content (AvgIpc) is 3.83. The number of carbonyl (C=O) groups excluding carboxylic acids is 3. The maximum atomic E-state index is 13.7. The first-order chi connectivity index (χ1) is 23.4. The predicted octanol–water partition coefficient (Wildman–Crippen LogP) is 5.70. The quantitative estimate of drug-likeness (QED) is 0.0908. The standard InChI is InChI=1S/C38H31NO9/c1-43-31-14-23(33-26-16-30-29(46-20-47-30)13-22(26)12-24-19-45-37(41)34(24)33)15-32(44-2)36(31)48-38(42)35(40)27-18-39(17-21-8-4-3-5-9-21)28-11-7-6-10-25(27)28/h3-11,13-16,18,24,33-34H,12,17,19-20H2,1-2H3/t24-,33+,34-/m0/s1. The summed E-state index contributed by atoms with van der Waals surface area (Å²) in [6.45, 7) is 0.974. The minimum Gasteiger partial charge on any atom is -0.493 e. The number of hydrogen-bond acceptors (Lipinski definition) is 9. The Hall–Kier alpha value is -5.77. The molecule has 48 heavy (non-hydrogen) atoms. The van der Waals surface area contributed by atoms with Crippen molar-refractivity contribution in [3.05, 3.63) is 113 Å². The summed E-state index contributed by atoms with van der Waals surface area (Å²) in [6.07, 6.45) is 2.34. The highest BCUT2D eigenvalue weighted by Crippen LogP contribution is 2.52. The van der Waals surface area contributed by atoms with Crippen molar-refractivity contribution in [1.29, 1.82) is 0 Å². The second-order valence-electron chi connectivity index (χ2n) is 12.1. The van der Waals surface area contributed by atoms with Crippen LogP contribution < -0.4 is 23.7 Å². The molecule has 0 saturated carbocycles. The number of rotatable bonds is 8. The van der Waals surface area contributed by atoms with Crippen molar-refractivity contribution in [2.75, 3.05) is 27.6 Å². The van der Waals surface area contributed by atoms with Crippen LogP contribution in [0.3, 0.4) is 0 Å². The lowest BCUT2D eigenvalue weighted by Crippen LogP contribution is -2.31. The number of hydrogen-bond donors (Lipinski definition) is 0. The van der Waals surface area contributed by atoms with Gasteiger partial charge < -0.3 is 33.0 Å². The SMILES string of the molecule is COc1cc([C@@H]2c3cc4c(cc3C[C@H]3COC(=O)[C@@H]32)OCO4)cc(OC)c1OC(=O)C(=O)c1cn(Cc2ccccc2)c2ccccc12. The Bertz CT molecular complexity index is 2080. The highest BCUT2D eigenvalue weighted by Gasteiger charge is 2.48. The molecule has 0 amide bonds.